The predicted octanol–water partition coefficient (Wildman–Crippen LogP) is 1.86. The van der Waals surface area contributed by atoms with Gasteiger partial charge in [-0.05, 0) is 18.2 Å². The fourth-order valence-corrected chi connectivity index (χ4v) is 1.47. The summed E-state index contributed by atoms with van der Waals surface area (Å²) in [5, 5.41) is 3.10. The molecule has 0 saturated heterocycles. The highest BCUT2D eigenvalue weighted by molar-refractivity contribution is 6.31. The second kappa shape index (κ2) is 2.85. The minimum atomic E-state index is -0.278. The first-order chi connectivity index (χ1) is 6.16. The number of carbonyl (C=O) groups is 2. The van der Waals surface area contributed by atoms with Crippen molar-refractivity contribution < 1.29 is 9.59 Å². The highest BCUT2D eigenvalue weighted by Crippen LogP contribution is 2.25. The largest absolute Gasteiger partial charge is 0.325 e. The summed E-state index contributed by atoms with van der Waals surface area (Å²) >= 11 is 5.71. The third kappa shape index (κ3) is 1.42. The Hall–Kier alpha value is -1.35. The summed E-state index contributed by atoms with van der Waals surface area (Å²) < 4.78 is 0. The maximum atomic E-state index is 11.3. The van der Waals surface area contributed by atoms with E-state index < -0.39 is 0 Å². The highest BCUT2D eigenvalue weighted by atomic mass is 35.5. The fraction of sp³-hybridized carbons (Fsp3) is 0.111. The first-order valence-corrected chi connectivity index (χ1v) is 4.17. The summed E-state index contributed by atoms with van der Waals surface area (Å²) in [5.41, 5.74) is 1.04. The molecule has 4 heteroatoms. The molecule has 1 aliphatic rings. The number of nitrogens with one attached hydrogen (secondary N) is 1. The molecule has 0 saturated carbocycles. The Kier molecular flexibility index (Phi) is 1.81. The summed E-state index contributed by atoms with van der Waals surface area (Å²) in [6.45, 7) is 0. The molecule has 1 aromatic rings. The Morgan fingerprint density at radius 3 is 2.85 bits per heavy atom. The van der Waals surface area contributed by atoms with Crippen LogP contribution in [0, 0.1) is 0 Å². The zero-order valence-corrected chi connectivity index (χ0v) is 7.39. The van der Waals surface area contributed by atoms with Crippen LogP contribution in [0.3, 0.4) is 0 Å². The first kappa shape index (κ1) is 8.26. The number of halogens is 1. The number of fused-ring (bicyclic) bond motifs is 1. The van der Waals surface area contributed by atoms with E-state index in [1.807, 2.05) is 0 Å². The van der Waals surface area contributed by atoms with E-state index in [-0.39, 0.29) is 18.1 Å². The van der Waals surface area contributed by atoms with Gasteiger partial charge in [0.15, 0.2) is 5.78 Å². The van der Waals surface area contributed by atoms with E-state index in [1.165, 1.54) is 0 Å². The van der Waals surface area contributed by atoms with Crippen molar-refractivity contribution in [3.05, 3.63) is 28.8 Å². The molecule has 13 heavy (non-hydrogen) atoms. The Labute approximate surface area is 79.7 Å². The van der Waals surface area contributed by atoms with Crippen LogP contribution in [0.5, 0.6) is 0 Å². The van der Waals surface area contributed by atoms with Crippen LogP contribution in [0.15, 0.2) is 18.2 Å². The number of ketones is 1. The Bertz CT molecular complexity index is 401. The van der Waals surface area contributed by atoms with Crippen molar-refractivity contribution in [1.29, 1.82) is 0 Å². The maximum absolute atomic E-state index is 11.3. The highest BCUT2D eigenvalue weighted by Gasteiger charge is 2.21. The van der Waals surface area contributed by atoms with Crippen molar-refractivity contribution in [2.24, 2.45) is 0 Å². The molecule has 0 radical (unpaired) electrons. The second-order valence-electron chi connectivity index (χ2n) is 2.84. The molecule has 2 rings (SSSR count). The molecule has 0 spiro atoms. The minimum Gasteiger partial charge on any atom is -0.325 e. The maximum Gasteiger partial charge on any atom is 0.232 e. The molecule has 1 amide bonds. The van der Waals surface area contributed by atoms with Gasteiger partial charge in [0.25, 0.3) is 0 Å². The molecule has 3 nitrogen and oxygen atoms in total. The molecule has 0 aromatic heterocycles. The molecule has 0 bridgehead atoms. The average molecular weight is 196 g/mol. The Morgan fingerprint density at radius 2 is 2.08 bits per heavy atom. The van der Waals surface area contributed by atoms with Crippen LogP contribution in [0.25, 0.3) is 0 Å². The number of rotatable bonds is 0. The van der Waals surface area contributed by atoms with Crippen molar-refractivity contribution in [1.82, 2.24) is 0 Å². The van der Waals surface area contributed by atoms with Gasteiger partial charge in [0.05, 0.1) is 12.1 Å². The third-order valence-electron chi connectivity index (χ3n) is 1.88. The summed E-state index contributed by atoms with van der Waals surface area (Å²) in [6, 6.07) is 4.83. The zero-order valence-electron chi connectivity index (χ0n) is 6.63. The van der Waals surface area contributed by atoms with Crippen molar-refractivity contribution in [2.45, 2.75) is 6.42 Å². The number of hydrogen-bond acceptors (Lipinski definition) is 2. The topological polar surface area (TPSA) is 46.2 Å². The van der Waals surface area contributed by atoms with Crippen LogP contribution >= 0.6 is 11.6 Å². The number of amides is 1. The molecule has 1 aromatic carbocycles. The SMILES string of the molecule is O=C1CC(=O)c2ccc(Cl)cc2N1. The van der Waals surface area contributed by atoms with Gasteiger partial charge in [-0.3, -0.25) is 9.59 Å². The summed E-state index contributed by atoms with van der Waals surface area (Å²) in [5.74, 6) is -0.435. The molecule has 66 valence electrons. The third-order valence-corrected chi connectivity index (χ3v) is 2.11. The van der Waals surface area contributed by atoms with E-state index in [2.05, 4.69) is 5.32 Å². The molecule has 0 aliphatic carbocycles. The van der Waals surface area contributed by atoms with E-state index in [9.17, 15) is 9.59 Å². The predicted molar refractivity (Wildman–Crippen MR) is 49.0 cm³/mol. The van der Waals surface area contributed by atoms with Gasteiger partial charge in [-0.1, -0.05) is 11.6 Å². The van der Waals surface area contributed by atoms with Crippen molar-refractivity contribution in [3.63, 3.8) is 0 Å². The van der Waals surface area contributed by atoms with Gasteiger partial charge < -0.3 is 5.32 Å². The van der Waals surface area contributed by atoms with Gasteiger partial charge in [0.1, 0.15) is 0 Å². The second-order valence-corrected chi connectivity index (χ2v) is 3.27. The fourth-order valence-electron chi connectivity index (χ4n) is 1.30. The molecule has 0 fully saturated rings. The van der Waals surface area contributed by atoms with Crippen molar-refractivity contribution in [2.75, 3.05) is 5.32 Å². The smallest absolute Gasteiger partial charge is 0.232 e. The van der Waals surface area contributed by atoms with Crippen LogP contribution in [0.1, 0.15) is 16.8 Å². The molecule has 0 atom stereocenters. The van der Waals surface area contributed by atoms with Crippen LogP contribution in [-0.4, -0.2) is 11.7 Å². The number of benzene rings is 1. The normalized spacial score (nSPS) is 15.2. The van der Waals surface area contributed by atoms with Crippen molar-refractivity contribution in [3.8, 4) is 0 Å². The zero-order chi connectivity index (χ0) is 9.42. The van der Waals surface area contributed by atoms with E-state index in [4.69, 9.17) is 11.6 Å². The van der Waals surface area contributed by atoms with E-state index in [0.29, 0.717) is 16.3 Å². The lowest BCUT2D eigenvalue weighted by molar-refractivity contribution is -0.115. The van der Waals surface area contributed by atoms with Gasteiger partial charge in [0, 0.05) is 10.6 Å². The molecule has 1 heterocycles. The minimum absolute atomic E-state index is 0.0748. The monoisotopic (exact) mass is 195 g/mol. The molecular formula is C9H6ClNO2. The molecular weight excluding hydrogens is 190 g/mol. The van der Waals surface area contributed by atoms with Crippen LogP contribution in [-0.2, 0) is 4.79 Å². The van der Waals surface area contributed by atoms with Crippen LogP contribution in [0.4, 0.5) is 5.69 Å². The van der Waals surface area contributed by atoms with Crippen LogP contribution in [0.2, 0.25) is 5.02 Å². The molecule has 1 aliphatic heterocycles. The lowest BCUT2D eigenvalue weighted by atomic mass is 10.0. The van der Waals surface area contributed by atoms with Gasteiger partial charge in [-0.25, -0.2) is 0 Å². The first-order valence-electron chi connectivity index (χ1n) is 3.79. The Balaban J connectivity index is 2.55. The van der Waals surface area contributed by atoms with E-state index in [1.54, 1.807) is 18.2 Å². The van der Waals surface area contributed by atoms with Crippen LogP contribution < -0.4 is 5.32 Å². The number of carbonyl (C=O) groups excluding carboxylic acids is 2. The summed E-state index contributed by atoms with van der Waals surface area (Å²) in [7, 11) is 0. The number of Topliss-reactive ketones (excluding diaryl/α,β-unsaturated/α-hetero) is 1. The average Bonchev–Trinajstić information content (AvgIpc) is 2.02. The quantitative estimate of drug-likeness (QED) is 0.643. The van der Waals surface area contributed by atoms with Gasteiger partial charge in [-0.15, -0.1) is 0 Å². The van der Waals surface area contributed by atoms with Crippen molar-refractivity contribution >= 4 is 29.0 Å². The molecule has 1 N–H and O–H groups in total. The lowest BCUT2D eigenvalue weighted by Crippen LogP contribution is -2.23. The molecule has 0 unspecified atom stereocenters. The Morgan fingerprint density at radius 1 is 1.31 bits per heavy atom. The van der Waals surface area contributed by atoms with E-state index in [0.717, 1.165) is 0 Å². The number of hydrogen-bond donors (Lipinski definition) is 1. The van der Waals surface area contributed by atoms with Gasteiger partial charge in [0.2, 0.25) is 5.91 Å². The lowest BCUT2D eigenvalue weighted by Gasteiger charge is -2.15. The summed E-state index contributed by atoms with van der Waals surface area (Å²) in [4.78, 5) is 22.3. The standard InChI is InChI=1S/C9H6ClNO2/c10-5-1-2-6-7(3-5)11-9(13)4-8(6)12/h1-3H,4H2,(H,11,13). The van der Waals surface area contributed by atoms with E-state index >= 15 is 0 Å². The van der Waals surface area contributed by atoms with Gasteiger partial charge in [-0.2, -0.15) is 0 Å². The van der Waals surface area contributed by atoms with Gasteiger partial charge >= 0.3 is 0 Å². The summed E-state index contributed by atoms with van der Waals surface area (Å²) in [6.07, 6.45) is -0.0748. The number of anilines is 1.